The second-order valence-electron chi connectivity index (χ2n) is 5.39. The molecule has 0 radical (unpaired) electrons. The van der Waals surface area contributed by atoms with Crippen LogP contribution in [0.25, 0.3) is 0 Å². The zero-order valence-electron chi connectivity index (χ0n) is 10.8. The van der Waals surface area contributed by atoms with Crippen molar-refractivity contribution in [3.63, 3.8) is 0 Å². The Morgan fingerprint density at radius 2 is 2.19 bits per heavy atom. The summed E-state index contributed by atoms with van der Waals surface area (Å²) in [5.41, 5.74) is 6.86. The van der Waals surface area contributed by atoms with Gasteiger partial charge in [0.1, 0.15) is 0 Å². The van der Waals surface area contributed by atoms with E-state index in [2.05, 4.69) is 25.2 Å². The number of hydrogen-bond acceptors (Lipinski definition) is 2. The van der Waals surface area contributed by atoms with Crippen LogP contribution in [0.2, 0.25) is 0 Å². The first-order valence-corrected chi connectivity index (χ1v) is 6.12. The van der Waals surface area contributed by atoms with E-state index in [0.717, 1.165) is 12.8 Å². The monoisotopic (exact) mass is 224 g/mol. The Morgan fingerprint density at radius 1 is 1.56 bits per heavy atom. The lowest BCUT2D eigenvalue weighted by Gasteiger charge is -2.32. The number of hydrogen-bond donors (Lipinski definition) is 2. The van der Waals surface area contributed by atoms with Crippen molar-refractivity contribution in [1.29, 1.82) is 0 Å². The lowest BCUT2D eigenvalue weighted by Crippen LogP contribution is -2.50. The predicted molar refractivity (Wildman–Crippen MR) is 66.9 cm³/mol. The molecule has 92 valence electrons. The number of allylic oxidation sites excluding steroid dienone is 2. The lowest BCUT2D eigenvalue weighted by molar-refractivity contribution is -0.121. The fourth-order valence-electron chi connectivity index (χ4n) is 2.66. The average Bonchev–Trinajstić information content (AvgIpc) is 2.11. The van der Waals surface area contributed by atoms with Crippen LogP contribution in [0.4, 0.5) is 0 Å². The van der Waals surface area contributed by atoms with Gasteiger partial charge in [0.25, 0.3) is 0 Å². The summed E-state index contributed by atoms with van der Waals surface area (Å²) < 4.78 is 0. The van der Waals surface area contributed by atoms with Crippen molar-refractivity contribution in [2.24, 2.45) is 17.6 Å². The maximum absolute atomic E-state index is 11.5. The largest absolute Gasteiger partial charge is 0.368 e. The topological polar surface area (TPSA) is 55.1 Å². The minimum Gasteiger partial charge on any atom is -0.368 e. The van der Waals surface area contributed by atoms with Crippen LogP contribution in [0.1, 0.15) is 40.5 Å². The second kappa shape index (κ2) is 5.48. The smallest absolute Gasteiger partial charge is 0.234 e. The first-order valence-electron chi connectivity index (χ1n) is 6.12. The standard InChI is InChI=1S/C13H24N2O/c1-8(2)15-12(13(14)16)11-6-9(3)5-10(4)7-11/h5,8-9,11-12,15H,6-7H2,1-4H3,(H2,14,16). The minimum atomic E-state index is -0.222. The number of carbonyl (C=O) groups is 1. The quantitative estimate of drug-likeness (QED) is 0.716. The number of primary amides is 1. The van der Waals surface area contributed by atoms with Crippen LogP contribution in [0.15, 0.2) is 11.6 Å². The van der Waals surface area contributed by atoms with Gasteiger partial charge in [0.2, 0.25) is 5.91 Å². The van der Waals surface area contributed by atoms with Gasteiger partial charge in [-0.15, -0.1) is 0 Å². The fourth-order valence-corrected chi connectivity index (χ4v) is 2.66. The van der Waals surface area contributed by atoms with Crippen LogP contribution in [0, 0.1) is 11.8 Å². The summed E-state index contributed by atoms with van der Waals surface area (Å²) in [6.45, 7) is 8.43. The summed E-state index contributed by atoms with van der Waals surface area (Å²) in [5.74, 6) is 0.676. The van der Waals surface area contributed by atoms with Crippen molar-refractivity contribution in [1.82, 2.24) is 5.32 Å². The van der Waals surface area contributed by atoms with E-state index in [1.54, 1.807) is 0 Å². The molecule has 1 rings (SSSR count). The van der Waals surface area contributed by atoms with E-state index in [-0.39, 0.29) is 11.9 Å². The Hall–Kier alpha value is -0.830. The van der Waals surface area contributed by atoms with E-state index in [9.17, 15) is 4.79 Å². The maximum Gasteiger partial charge on any atom is 0.234 e. The fraction of sp³-hybridized carbons (Fsp3) is 0.769. The maximum atomic E-state index is 11.5. The van der Waals surface area contributed by atoms with E-state index in [0.29, 0.717) is 17.9 Å². The number of nitrogens with one attached hydrogen (secondary N) is 1. The third-order valence-electron chi connectivity index (χ3n) is 3.12. The SMILES string of the molecule is CC1=CC(C)CC(C(NC(C)C)C(N)=O)C1. The van der Waals surface area contributed by atoms with Gasteiger partial charge in [-0.25, -0.2) is 0 Å². The number of nitrogens with two attached hydrogens (primary N) is 1. The zero-order valence-corrected chi connectivity index (χ0v) is 10.8. The minimum absolute atomic E-state index is 0.189. The summed E-state index contributed by atoms with van der Waals surface area (Å²) in [5, 5.41) is 3.29. The van der Waals surface area contributed by atoms with E-state index in [1.807, 2.05) is 13.8 Å². The molecule has 0 heterocycles. The molecule has 1 aliphatic rings. The lowest BCUT2D eigenvalue weighted by atomic mass is 9.79. The van der Waals surface area contributed by atoms with Crippen molar-refractivity contribution < 1.29 is 4.79 Å². The van der Waals surface area contributed by atoms with Gasteiger partial charge in [-0.05, 0) is 31.6 Å². The molecule has 3 heteroatoms. The summed E-state index contributed by atoms with van der Waals surface area (Å²) in [6, 6.07) is 0.102. The van der Waals surface area contributed by atoms with Gasteiger partial charge < -0.3 is 11.1 Å². The van der Waals surface area contributed by atoms with Crippen LogP contribution in [-0.2, 0) is 4.79 Å². The molecular formula is C13H24N2O. The molecule has 0 aromatic carbocycles. The van der Waals surface area contributed by atoms with Crippen LogP contribution in [0.3, 0.4) is 0 Å². The van der Waals surface area contributed by atoms with E-state index in [4.69, 9.17) is 5.73 Å². The highest BCUT2D eigenvalue weighted by Crippen LogP contribution is 2.30. The van der Waals surface area contributed by atoms with Crippen LogP contribution in [0.5, 0.6) is 0 Å². The predicted octanol–water partition coefficient (Wildman–Crippen LogP) is 1.83. The Bertz CT molecular complexity index is 284. The van der Waals surface area contributed by atoms with Gasteiger partial charge in [-0.3, -0.25) is 4.79 Å². The highest BCUT2D eigenvalue weighted by atomic mass is 16.1. The molecule has 0 saturated heterocycles. The summed E-state index contributed by atoms with van der Waals surface area (Å²) in [6.07, 6.45) is 4.33. The molecule has 3 N–H and O–H groups in total. The number of rotatable bonds is 4. The summed E-state index contributed by atoms with van der Waals surface area (Å²) >= 11 is 0. The zero-order chi connectivity index (χ0) is 12.3. The molecule has 0 fully saturated rings. The van der Waals surface area contributed by atoms with Crippen LogP contribution >= 0.6 is 0 Å². The molecule has 0 aromatic rings. The Morgan fingerprint density at radius 3 is 2.62 bits per heavy atom. The molecule has 1 amide bonds. The number of amides is 1. The Balaban J connectivity index is 2.72. The molecular weight excluding hydrogens is 200 g/mol. The third kappa shape index (κ3) is 3.63. The Labute approximate surface area is 98.5 Å². The van der Waals surface area contributed by atoms with Gasteiger partial charge in [0, 0.05) is 6.04 Å². The summed E-state index contributed by atoms with van der Waals surface area (Å²) in [4.78, 5) is 11.5. The molecule has 0 aromatic heterocycles. The van der Waals surface area contributed by atoms with Crippen molar-refractivity contribution in [3.05, 3.63) is 11.6 Å². The van der Waals surface area contributed by atoms with E-state index >= 15 is 0 Å². The molecule has 0 saturated carbocycles. The molecule has 3 nitrogen and oxygen atoms in total. The van der Waals surface area contributed by atoms with Crippen LogP contribution in [-0.4, -0.2) is 18.0 Å². The second-order valence-corrected chi connectivity index (χ2v) is 5.39. The molecule has 0 spiro atoms. The Kier molecular flexibility index (Phi) is 4.54. The normalized spacial score (nSPS) is 27.7. The van der Waals surface area contributed by atoms with Crippen molar-refractivity contribution >= 4 is 5.91 Å². The van der Waals surface area contributed by atoms with Gasteiger partial charge in [-0.1, -0.05) is 32.4 Å². The third-order valence-corrected chi connectivity index (χ3v) is 3.12. The van der Waals surface area contributed by atoms with Crippen molar-refractivity contribution in [3.8, 4) is 0 Å². The van der Waals surface area contributed by atoms with Gasteiger partial charge in [0.05, 0.1) is 6.04 Å². The number of carbonyl (C=O) groups excluding carboxylic acids is 1. The molecule has 0 bridgehead atoms. The molecule has 3 unspecified atom stereocenters. The van der Waals surface area contributed by atoms with Gasteiger partial charge >= 0.3 is 0 Å². The van der Waals surface area contributed by atoms with Crippen LogP contribution < -0.4 is 11.1 Å². The molecule has 3 atom stereocenters. The summed E-state index contributed by atoms with van der Waals surface area (Å²) in [7, 11) is 0. The van der Waals surface area contributed by atoms with E-state index in [1.165, 1.54) is 5.57 Å². The van der Waals surface area contributed by atoms with Gasteiger partial charge in [-0.2, -0.15) is 0 Å². The molecule has 1 aliphatic carbocycles. The van der Waals surface area contributed by atoms with Crippen molar-refractivity contribution in [2.45, 2.75) is 52.6 Å². The highest BCUT2D eigenvalue weighted by Gasteiger charge is 2.30. The molecule has 0 aliphatic heterocycles. The highest BCUT2D eigenvalue weighted by molar-refractivity contribution is 5.80. The van der Waals surface area contributed by atoms with Crippen molar-refractivity contribution in [2.75, 3.05) is 0 Å². The first-order chi connectivity index (χ1) is 7.40. The average molecular weight is 224 g/mol. The molecule has 16 heavy (non-hydrogen) atoms. The van der Waals surface area contributed by atoms with Gasteiger partial charge in [0.15, 0.2) is 0 Å². The van der Waals surface area contributed by atoms with E-state index < -0.39 is 0 Å². The first kappa shape index (κ1) is 13.2.